The molecule has 0 saturated heterocycles. The summed E-state index contributed by atoms with van der Waals surface area (Å²) in [6.45, 7) is 0.151. The van der Waals surface area contributed by atoms with Crippen LogP contribution in [0.3, 0.4) is 0 Å². The van der Waals surface area contributed by atoms with Gasteiger partial charge in [0.25, 0.3) is 0 Å². The fraction of sp³-hybridized carbons (Fsp3) is 0.111. The first-order valence-electron chi connectivity index (χ1n) is 7.78. The minimum absolute atomic E-state index is 0.0462. The van der Waals surface area contributed by atoms with E-state index >= 15 is 0 Å². The number of anilines is 1. The van der Waals surface area contributed by atoms with E-state index in [9.17, 15) is 18.0 Å². The number of primary sulfonamides is 1. The molecule has 26 heavy (non-hydrogen) atoms. The number of sulfonamides is 1. The van der Waals surface area contributed by atoms with E-state index in [0.717, 1.165) is 5.56 Å². The molecule has 2 aromatic carbocycles. The monoisotopic (exact) mass is 373 g/mol. The number of carbonyl (C=O) groups excluding carboxylic acids is 2. The van der Waals surface area contributed by atoms with Gasteiger partial charge >= 0.3 is 0 Å². The highest BCUT2D eigenvalue weighted by atomic mass is 32.2. The summed E-state index contributed by atoms with van der Waals surface area (Å²) in [4.78, 5) is 23.5. The Balaban J connectivity index is 1.79. The fourth-order valence-corrected chi connectivity index (χ4v) is 2.63. The number of carbonyl (C=O) groups is 2. The molecular formula is C18H19N3O4S. The molecule has 0 bridgehead atoms. The van der Waals surface area contributed by atoms with Crippen LogP contribution in [0.2, 0.25) is 0 Å². The van der Waals surface area contributed by atoms with Crippen LogP contribution in [0.4, 0.5) is 5.69 Å². The van der Waals surface area contributed by atoms with Crippen molar-refractivity contribution in [2.24, 2.45) is 5.14 Å². The third kappa shape index (κ3) is 6.50. The minimum Gasteiger partial charge on any atom is -0.352 e. The van der Waals surface area contributed by atoms with E-state index in [1.807, 2.05) is 30.3 Å². The summed E-state index contributed by atoms with van der Waals surface area (Å²) in [6.07, 6.45) is 3.11. The maximum absolute atomic E-state index is 11.9. The summed E-state index contributed by atoms with van der Waals surface area (Å²) in [5.41, 5.74) is 1.21. The highest BCUT2D eigenvalue weighted by Gasteiger charge is 2.09. The highest BCUT2D eigenvalue weighted by Crippen LogP contribution is 2.14. The van der Waals surface area contributed by atoms with Gasteiger partial charge in [-0.05, 0) is 29.8 Å². The van der Waals surface area contributed by atoms with Crippen molar-refractivity contribution in [2.75, 3.05) is 11.9 Å². The molecule has 0 aliphatic rings. The number of benzene rings is 2. The third-order valence-corrected chi connectivity index (χ3v) is 4.24. The molecule has 8 heteroatoms. The minimum atomic E-state index is -3.83. The third-order valence-electron chi connectivity index (χ3n) is 3.32. The number of rotatable bonds is 7. The van der Waals surface area contributed by atoms with E-state index in [1.165, 1.54) is 24.3 Å². The molecule has 0 radical (unpaired) electrons. The predicted molar refractivity (Wildman–Crippen MR) is 99.5 cm³/mol. The average Bonchev–Trinajstić information content (AvgIpc) is 2.60. The second kappa shape index (κ2) is 8.93. The van der Waals surface area contributed by atoms with E-state index in [4.69, 9.17) is 5.14 Å². The number of hydrogen-bond donors (Lipinski definition) is 3. The van der Waals surface area contributed by atoms with Gasteiger partial charge < -0.3 is 10.6 Å². The Morgan fingerprint density at radius 3 is 2.46 bits per heavy atom. The molecule has 0 heterocycles. The van der Waals surface area contributed by atoms with Gasteiger partial charge in [0.15, 0.2) is 0 Å². The Hall–Kier alpha value is -2.97. The highest BCUT2D eigenvalue weighted by molar-refractivity contribution is 7.89. The first kappa shape index (κ1) is 19.4. The summed E-state index contributed by atoms with van der Waals surface area (Å²) >= 11 is 0. The molecule has 4 N–H and O–H groups in total. The van der Waals surface area contributed by atoms with Gasteiger partial charge in [0.05, 0.1) is 4.90 Å². The first-order chi connectivity index (χ1) is 12.3. The molecule has 2 amide bonds. The van der Waals surface area contributed by atoms with Crippen molar-refractivity contribution in [3.63, 3.8) is 0 Å². The second-order valence-electron chi connectivity index (χ2n) is 5.41. The maximum atomic E-state index is 11.9. The first-order valence-corrected chi connectivity index (χ1v) is 9.33. The maximum Gasteiger partial charge on any atom is 0.244 e. The number of nitrogens with one attached hydrogen (secondary N) is 2. The van der Waals surface area contributed by atoms with Crippen LogP contribution < -0.4 is 15.8 Å². The summed E-state index contributed by atoms with van der Waals surface area (Å²) in [6, 6.07) is 15.0. The van der Waals surface area contributed by atoms with Crippen LogP contribution in [0.1, 0.15) is 12.0 Å². The van der Waals surface area contributed by atoms with Crippen LogP contribution in [0, 0.1) is 0 Å². The molecule has 0 saturated carbocycles. The Morgan fingerprint density at radius 1 is 1.04 bits per heavy atom. The molecule has 2 aromatic rings. The van der Waals surface area contributed by atoms with Gasteiger partial charge in [-0.25, -0.2) is 13.6 Å². The topological polar surface area (TPSA) is 118 Å². The standard InChI is InChI=1S/C18H19N3O4S/c19-26(24,25)16-8-4-7-15(13-16)21-18(23)11-12-20-17(22)10-9-14-5-2-1-3-6-14/h1-10,13H,11-12H2,(H,20,22)(H,21,23)(H2,19,24,25)/b10-9+. The molecule has 0 aliphatic carbocycles. The summed E-state index contributed by atoms with van der Waals surface area (Å²) < 4.78 is 22.6. The Labute approximate surface area is 152 Å². The van der Waals surface area contributed by atoms with Gasteiger partial charge in [-0.2, -0.15) is 0 Å². The smallest absolute Gasteiger partial charge is 0.244 e. The molecule has 2 rings (SSSR count). The lowest BCUT2D eigenvalue weighted by atomic mass is 10.2. The van der Waals surface area contributed by atoms with Crippen LogP contribution in [0.5, 0.6) is 0 Å². The second-order valence-corrected chi connectivity index (χ2v) is 6.97. The summed E-state index contributed by atoms with van der Waals surface area (Å²) in [5.74, 6) is -0.665. The quantitative estimate of drug-likeness (QED) is 0.637. The van der Waals surface area contributed by atoms with E-state index in [2.05, 4.69) is 10.6 Å². The van der Waals surface area contributed by atoms with Crippen molar-refractivity contribution in [1.29, 1.82) is 0 Å². The fourth-order valence-electron chi connectivity index (χ4n) is 2.07. The van der Waals surface area contributed by atoms with Crippen molar-refractivity contribution >= 4 is 33.6 Å². The SMILES string of the molecule is NS(=O)(=O)c1cccc(NC(=O)CCNC(=O)/C=C/c2ccccc2)c1. The van der Waals surface area contributed by atoms with Crippen LogP contribution in [0.25, 0.3) is 6.08 Å². The zero-order valence-corrected chi connectivity index (χ0v) is 14.7. The molecule has 0 unspecified atom stereocenters. The lowest BCUT2D eigenvalue weighted by Crippen LogP contribution is -2.26. The number of hydrogen-bond acceptors (Lipinski definition) is 4. The van der Waals surface area contributed by atoms with Gasteiger partial charge in [0, 0.05) is 24.7 Å². The van der Waals surface area contributed by atoms with Crippen LogP contribution in [0.15, 0.2) is 65.6 Å². The summed E-state index contributed by atoms with van der Waals surface area (Å²) in [7, 11) is -3.83. The molecule has 136 valence electrons. The zero-order chi connectivity index (χ0) is 19.0. The van der Waals surface area contributed by atoms with E-state index in [0.29, 0.717) is 5.69 Å². The van der Waals surface area contributed by atoms with Gasteiger partial charge in [-0.1, -0.05) is 36.4 Å². The number of nitrogens with two attached hydrogens (primary N) is 1. The number of amides is 2. The largest absolute Gasteiger partial charge is 0.352 e. The van der Waals surface area contributed by atoms with Crippen molar-refractivity contribution in [3.8, 4) is 0 Å². The molecule has 7 nitrogen and oxygen atoms in total. The lowest BCUT2D eigenvalue weighted by molar-refractivity contribution is -0.117. The molecule has 0 fully saturated rings. The Morgan fingerprint density at radius 2 is 1.77 bits per heavy atom. The average molecular weight is 373 g/mol. The van der Waals surface area contributed by atoms with Gasteiger partial charge in [-0.15, -0.1) is 0 Å². The molecule has 0 spiro atoms. The van der Waals surface area contributed by atoms with Gasteiger partial charge in [-0.3, -0.25) is 9.59 Å². The van der Waals surface area contributed by atoms with E-state index in [-0.39, 0.29) is 29.7 Å². The van der Waals surface area contributed by atoms with Crippen molar-refractivity contribution < 1.29 is 18.0 Å². The van der Waals surface area contributed by atoms with Gasteiger partial charge in [0.2, 0.25) is 21.8 Å². The molecule has 0 atom stereocenters. The van der Waals surface area contributed by atoms with E-state index < -0.39 is 10.0 Å². The zero-order valence-electron chi connectivity index (χ0n) is 13.9. The van der Waals surface area contributed by atoms with Crippen molar-refractivity contribution in [2.45, 2.75) is 11.3 Å². The Bertz CT molecular complexity index is 909. The summed E-state index contributed by atoms with van der Waals surface area (Å²) in [5, 5.41) is 10.2. The normalized spacial score (nSPS) is 11.3. The van der Waals surface area contributed by atoms with Crippen molar-refractivity contribution in [3.05, 3.63) is 66.2 Å². The predicted octanol–water partition coefficient (Wildman–Crippen LogP) is 1.49. The van der Waals surface area contributed by atoms with Crippen LogP contribution in [-0.2, 0) is 19.6 Å². The van der Waals surface area contributed by atoms with Gasteiger partial charge in [0.1, 0.15) is 0 Å². The molecular weight excluding hydrogens is 354 g/mol. The Kier molecular flexibility index (Phi) is 6.65. The van der Waals surface area contributed by atoms with E-state index in [1.54, 1.807) is 12.1 Å². The van der Waals surface area contributed by atoms with Crippen LogP contribution in [-0.4, -0.2) is 26.8 Å². The lowest BCUT2D eigenvalue weighted by Gasteiger charge is -2.07. The molecule has 0 aliphatic heterocycles. The molecule has 0 aromatic heterocycles. The van der Waals surface area contributed by atoms with Crippen molar-refractivity contribution in [1.82, 2.24) is 5.32 Å². The van der Waals surface area contributed by atoms with Crippen LogP contribution >= 0.6 is 0 Å².